The van der Waals surface area contributed by atoms with Crippen molar-refractivity contribution in [2.24, 2.45) is 0 Å². The molecule has 0 bridgehead atoms. The van der Waals surface area contributed by atoms with E-state index in [2.05, 4.69) is 34.0 Å². The quantitative estimate of drug-likeness (QED) is 0.519. The summed E-state index contributed by atoms with van der Waals surface area (Å²) in [5, 5.41) is 14.4. The Bertz CT molecular complexity index is 1300. The predicted molar refractivity (Wildman–Crippen MR) is 139 cm³/mol. The zero-order valence-electron chi connectivity index (χ0n) is 21.4. The molecule has 4 heterocycles. The fourth-order valence-corrected chi connectivity index (χ4v) is 5.73. The Morgan fingerprint density at radius 1 is 1.19 bits per heavy atom. The van der Waals surface area contributed by atoms with E-state index in [0.29, 0.717) is 24.5 Å². The van der Waals surface area contributed by atoms with Crippen LogP contribution >= 0.6 is 0 Å². The maximum atomic E-state index is 15.0. The standard InChI is InChI=1S/C28H34FN5O3/c1-17(2)25-19(14-34-8-10-37-16-28(34)6-7-28)12-30-22-4-3-18(11-20(22)25)26-21(29)13-31-27(33-26)32-23-5-9-36-15-24(23)35/h3-4,11-13,17,23-24,35H,5-10,14-16H2,1-2H3,(H,31,32,33)/t23-,24-/m1/s1. The van der Waals surface area contributed by atoms with Crippen LogP contribution in [0.5, 0.6) is 0 Å². The number of nitrogens with one attached hydrogen (secondary N) is 1. The minimum Gasteiger partial charge on any atom is -0.389 e. The van der Waals surface area contributed by atoms with Crippen LogP contribution in [0.4, 0.5) is 10.3 Å². The van der Waals surface area contributed by atoms with E-state index in [1.165, 1.54) is 30.2 Å². The van der Waals surface area contributed by atoms with Crippen molar-refractivity contribution in [1.29, 1.82) is 0 Å². The third-order valence-electron chi connectivity index (χ3n) is 7.96. The van der Waals surface area contributed by atoms with Crippen molar-refractivity contribution in [2.75, 3.05) is 38.3 Å². The van der Waals surface area contributed by atoms with Crippen LogP contribution in [0.1, 0.15) is 50.2 Å². The average molecular weight is 508 g/mol. The molecule has 9 heteroatoms. The molecule has 3 fully saturated rings. The molecule has 2 aliphatic heterocycles. The topological polar surface area (TPSA) is 92.6 Å². The van der Waals surface area contributed by atoms with Gasteiger partial charge in [-0.05, 0) is 48.4 Å². The second-order valence-corrected chi connectivity index (χ2v) is 10.9. The van der Waals surface area contributed by atoms with E-state index in [4.69, 9.17) is 14.5 Å². The number of hydrogen-bond acceptors (Lipinski definition) is 8. The summed E-state index contributed by atoms with van der Waals surface area (Å²) < 4.78 is 26.1. The number of anilines is 1. The summed E-state index contributed by atoms with van der Waals surface area (Å²) in [6, 6.07) is 5.57. The van der Waals surface area contributed by atoms with E-state index in [9.17, 15) is 9.50 Å². The SMILES string of the molecule is CC(C)c1c(CN2CCOCC23CC3)cnc2ccc(-c3nc(N[C@@H]4CCOC[C@H]4O)ncc3F)cc12. The number of morpholine rings is 1. The monoisotopic (exact) mass is 507 g/mol. The van der Waals surface area contributed by atoms with Gasteiger partial charge in [0.15, 0.2) is 5.82 Å². The largest absolute Gasteiger partial charge is 0.389 e. The van der Waals surface area contributed by atoms with Crippen LogP contribution in [0.2, 0.25) is 0 Å². The summed E-state index contributed by atoms with van der Waals surface area (Å²) in [6.45, 7) is 8.54. The first kappa shape index (κ1) is 24.6. The Morgan fingerprint density at radius 2 is 2.05 bits per heavy atom. The fourth-order valence-electron chi connectivity index (χ4n) is 5.73. The van der Waals surface area contributed by atoms with Gasteiger partial charge in [0, 0.05) is 42.4 Å². The van der Waals surface area contributed by atoms with Crippen LogP contribution in [0, 0.1) is 5.82 Å². The smallest absolute Gasteiger partial charge is 0.223 e. The van der Waals surface area contributed by atoms with Gasteiger partial charge in [-0.2, -0.15) is 0 Å². The number of aliphatic hydroxyl groups excluding tert-OH is 1. The van der Waals surface area contributed by atoms with E-state index in [1.54, 1.807) is 0 Å². The van der Waals surface area contributed by atoms with Crippen molar-refractivity contribution in [1.82, 2.24) is 19.9 Å². The van der Waals surface area contributed by atoms with Gasteiger partial charge in [0.05, 0.1) is 43.7 Å². The number of benzene rings is 1. The summed E-state index contributed by atoms with van der Waals surface area (Å²) >= 11 is 0. The van der Waals surface area contributed by atoms with Gasteiger partial charge < -0.3 is 19.9 Å². The molecule has 2 saturated heterocycles. The average Bonchev–Trinajstić information content (AvgIpc) is 3.67. The molecular weight excluding hydrogens is 473 g/mol. The van der Waals surface area contributed by atoms with E-state index in [-0.39, 0.29) is 29.8 Å². The summed E-state index contributed by atoms with van der Waals surface area (Å²) in [5.74, 6) is 0.0755. The van der Waals surface area contributed by atoms with Gasteiger partial charge >= 0.3 is 0 Å². The summed E-state index contributed by atoms with van der Waals surface area (Å²) in [6.07, 6.45) is 5.53. The van der Waals surface area contributed by atoms with Crippen molar-refractivity contribution in [2.45, 2.75) is 63.3 Å². The van der Waals surface area contributed by atoms with Gasteiger partial charge in [0.2, 0.25) is 5.95 Å². The van der Waals surface area contributed by atoms with Crippen LogP contribution < -0.4 is 5.32 Å². The highest BCUT2D eigenvalue weighted by Crippen LogP contribution is 2.45. The van der Waals surface area contributed by atoms with Crippen molar-refractivity contribution >= 4 is 16.9 Å². The molecule has 37 heavy (non-hydrogen) atoms. The Hall–Kier alpha value is -2.72. The number of rotatable bonds is 6. The maximum absolute atomic E-state index is 15.0. The summed E-state index contributed by atoms with van der Waals surface area (Å²) in [7, 11) is 0. The minimum atomic E-state index is -0.661. The molecule has 3 aliphatic rings. The molecule has 2 atom stereocenters. The lowest BCUT2D eigenvalue weighted by Gasteiger charge is -2.36. The van der Waals surface area contributed by atoms with Gasteiger partial charge in [-0.3, -0.25) is 9.88 Å². The molecule has 3 aromatic rings. The molecule has 1 spiro atoms. The number of aliphatic hydroxyl groups is 1. The molecule has 1 aromatic carbocycles. The van der Waals surface area contributed by atoms with E-state index in [0.717, 1.165) is 37.2 Å². The van der Waals surface area contributed by atoms with Crippen LogP contribution in [-0.4, -0.2) is 75.6 Å². The zero-order chi connectivity index (χ0) is 25.6. The van der Waals surface area contributed by atoms with Crippen LogP contribution in [0.25, 0.3) is 22.2 Å². The van der Waals surface area contributed by atoms with Crippen LogP contribution in [-0.2, 0) is 16.0 Å². The van der Waals surface area contributed by atoms with Gasteiger partial charge in [-0.15, -0.1) is 0 Å². The second-order valence-electron chi connectivity index (χ2n) is 10.9. The van der Waals surface area contributed by atoms with Gasteiger partial charge in [-0.1, -0.05) is 19.9 Å². The minimum absolute atomic E-state index is 0.189. The number of halogens is 1. The highest BCUT2D eigenvalue weighted by atomic mass is 19.1. The van der Waals surface area contributed by atoms with E-state index < -0.39 is 11.9 Å². The van der Waals surface area contributed by atoms with E-state index in [1.807, 2.05) is 24.4 Å². The summed E-state index contributed by atoms with van der Waals surface area (Å²) in [5.41, 5.74) is 4.44. The molecule has 2 N–H and O–H groups in total. The number of nitrogens with zero attached hydrogens (tertiary/aromatic N) is 4. The molecule has 2 aromatic heterocycles. The molecule has 1 saturated carbocycles. The molecule has 1 aliphatic carbocycles. The Kier molecular flexibility index (Phi) is 6.56. The first-order chi connectivity index (χ1) is 17.9. The van der Waals surface area contributed by atoms with Crippen molar-refractivity contribution < 1.29 is 19.0 Å². The van der Waals surface area contributed by atoms with E-state index >= 15 is 0 Å². The number of hydrogen-bond donors (Lipinski definition) is 2. The normalized spacial score (nSPS) is 23.6. The molecule has 8 nitrogen and oxygen atoms in total. The van der Waals surface area contributed by atoms with Gasteiger partial charge in [0.25, 0.3) is 0 Å². The molecule has 196 valence electrons. The summed E-state index contributed by atoms with van der Waals surface area (Å²) in [4.78, 5) is 16.0. The molecule has 0 radical (unpaired) electrons. The van der Waals surface area contributed by atoms with Crippen LogP contribution in [0.3, 0.4) is 0 Å². The third kappa shape index (κ3) is 4.81. The van der Waals surface area contributed by atoms with Crippen molar-refractivity contribution in [3.05, 3.63) is 47.5 Å². The fraction of sp³-hybridized carbons (Fsp3) is 0.536. The lowest BCUT2D eigenvalue weighted by Crippen LogP contribution is -2.47. The lowest BCUT2D eigenvalue weighted by atomic mass is 9.92. The zero-order valence-corrected chi connectivity index (χ0v) is 21.4. The van der Waals surface area contributed by atoms with Crippen molar-refractivity contribution in [3.63, 3.8) is 0 Å². The molecule has 6 rings (SSSR count). The first-order valence-electron chi connectivity index (χ1n) is 13.2. The Morgan fingerprint density at radius 3 is 2.84 bits per heavy atom. The van der Waals surface area contributed by atoms with Gasteiger partial charge in [-0.25, -0.2) is 14.4 Å². The maximum Gasteiger partial charge on any atom is 0.223 e. The lowest BCUT2D eigenvalue weighted by molar-refractivity contribution is -0.0246. The first-order valence-corrected chi connectivity index (χ1v) is 13.2. The highest BCUT2D eigenvalue weighted by Gasteiger charge is 2.49. The molecule has 0 unspecified atom stereocenters. The molecule has 0 amide bonds. The number of aromatic nitrogens is 3. The Balaban J connectivity index is 1.35. The Labute approximate surface area is 216 Å². The number of fused-ring (bicyclic) bond motifs is 1. The molecular formula is C28H34FN5O3. The van der Waals surface area contributed by atoms with Gasteiger partial charge in [0.1, 0.15) is 5.69 Å². The predicted octanol–water partition coefficient (Wildman–Crippen LogP) is 3.88. The second kappa shape index (κ2) is 9.87. The number of pyridine rings is 1. The third-order valence-corrected chi connectivity index (χ3v) is 7.96. The highest BCUT2D eigenvalue weighted by molar-refractivity contribution is 5.88. The van der Waals surface area contributed by atoms with Crippen LogP contribution in [0.15, 0.2) is 30.6 Å². The van der Waals surface area contributed by atoms with Crippen molar-refractivity contribution in [3.8, 4) is 11.3 Å². The number of ether oxygens (including phenoxy) is 2.